The lowest BCUT2D eigenvalue weighted by molar-refractivity contribution is -0.115. The molecule has 0 spiro atoms. The van der Waals surface area contributed by atoms with Crippen molar-refractivity contribution in [2.75, 3.05) is 5.32 Å². The number of nitrogens with one attached hydrogen (secondary N) is 1. The van der Waals surface area contributed by atoms with Gasteiger partial charge >= 0.3 is 0 Å². The van der Waals surface area contributed by atoms with E-state index in [1.165, 1.54) is 18.2 Å². The van der Waals surface area contributed by atoms with Crippen LogP contribution < -0.4 is 5.32 Å². The van der Waals surface area contributed by atoms with E-state index in [0.29, 0.717) is 11.3 Å². The van der Waals surface area contributed by atoms with Crippen molar-refractivity contribution in [2.24, 2.45) is 0 Å². The number of amides is 1. The monoisotopic (exact) mass is 243 g/mol. The molecule has 0 aliphatic rings. The van der Waals surface area contributed by atoms with E-state index in [1.54, 1.807) is 30.3 Å². The van der Waals surface area contributed by atoms with Gasteiger partial charge in [-0.3, -0.25) is 4.79 Å². The van der Waals surface area contributed by atoms with Crippen molar-refractivity contribution >= 4 is 11.6 Å². The highest BCUT2D eigenvalue weighted by Gasteiger charge is 2.07. The molecule has 0 aromatic heterocycles. The topological polar surface area (TPSA) is 69.6 Å². The van der Waals surface area contributed by atoms with Crippen LogP contribution >= 0.6 is 0 Å². The summed E-state index contributed by atoms with van der Waals surface area (Å²) in [7, 11) is 0. The molecule has 92 valence electrons. The summed E-state index contributed by atoms with van der Waals surface area (Å²) in [6, 6.07) is 13.0. The van der Waals surface area contributed by atoms with Crippen LogP contribution in [0.5, 0.6) is 11.5 Å². The van der Waals surface area contributed by atoms with Crippen LogP contribution in [-0.2, 0) is 11.2 Å². The van der Waals surface area contributed by atoms with Gasteiger partial charge in [0.2, 0.25) is 5.91 Å². The fourth-order valence-electron chi connectivity index (χ4n) is 1.62. The number of phenols is 2. The first-order valence-corrected chi connectivity index (χ1v) is 5.51. The van der Waals surface area contributed by atoms with Crippen molar-refractivity contribution in [3.05, 3.63) is 54.1 Å². The third-order valence-electron chi connectivity index (χ3n) is 2.47. The van der Waals surface area contributed by atoms with Crippen LogP contribution in [0.1, 0.15) is 5.56 Å². The Morgan fingerprint density at radius 3 is 2.56 bits per heavy atom. The first kappa shape index (κ1) is 12.0. The maximum absolute atomic E-state index is 11.7. The molecular formula is C14H13NO3. The first-order valence-electron chi connectivity index (χ1n) is 5.51. The Labute approximate surface area is 105 Å². The van der Waals surface area contributed by atoms with Crippen molar-refractivity contribution in [1.29, 1.82) is 0 Å². The summed E-state index contributed by atoms with van der Waals surface area (Å²) in [5.74, 6) is -0.0546. The number of benzene rings is 2. The third kappa shape index (κ3) is 3.01. The van der Waals surface area contributed by atoms with E-state index in [4.69, 9.17) is 0 Å². The average molecular weight is 243 g/mol. The fourth-order valence-corrected chi connectivity index (χ4v) is 1.62. The number of anilines is 1. The number of carbonyl (C=O) groups excluding carboxylic acids is 1. The Bertz CT molecular complexity index is 566. The summed E-state index contributed by atoms with van der Waals surface area (Å²) in [6.07, 6.45) is 0.0856. The number of carbonyl (C=O) groups is 1. The highest BCUT2D eigenvalue weighted by atomic mass is 16.3. The van der Waals surface area contributed by atoms with Crippen LogP contribution in [0, 0.1) is 0 Å². The Hall–Kier alpha value is -2.49. The van der Waals surface area contributed by atoms with Crippen LogP contribution in [0.4, 0.5) is 5.69 Å². The van der Waals surface area contributed by atoms with Gasteiger partial charge in [-0.15, -0.1) is 0 Å². The van der Waals surface area contributed by atoms with E-state index in [0.717, 1.165) is 0 Å². The van der Waals surface area contributed by atoms with Crippen LogP contribution in [-0.4, -0.2) is 16.1 Å². The van der Waals surface area contributed by atoms with Crippen LogP contribution in [0.15, 0.2) is 48.5 Å². The molecule has 3 N–H and O–H groups in total. The van der Waals surface area contributed by atoms with Gasteiger partial charge in [-0.05, 0) is 18.2 Å². The zero-order valence-corrected chi connectivity index (χ0v) is 9.63. The molecule has 0 unspecified atom stereocenters. The predicted octanol–water partition coefficient (Wildman–Crippen LogP) is 2.28. The number of rotatable bonds is 3. The fraction of sp³-hybridized carbons (Fsp3) is 0.0714. The highest BCUT2D eigenvalue weighted by Crippen LogP contribution is 2.18. The minimum atomic E-state index is -0.248. The SMILES string of the molecule is O=C(Cc1ccccc1O)Nc1cccc(O)c1. The van der Waals surface area contributed by atoms with Gasteiger partial charge in [-0.25, -0.2) is 0 Å². The van der Waals surface area contributed by atoms with Crippen LogP contribution in [0.3, 0.4) is 0 Å². The van der Waals surface area contributed by atoms with E-state index < -0.39 is 0 Å². The quantitative estimate of drug-likeness (QED) is 0.774. The second kappa shape index (κ2) is 5.23. The minimum absolute atomic E-state index is 0.0856. The molecule has 0 heterocycles. The Kier molecular flexibility index (Phi) is 3.48. The molecule has 1 amide bonds. The molecule has 18 heavy (non-hydrogen) atoms. The molecule has 0 bridgehead atoms. The molecule has 2 rings (SSSR count). The van der Waals surface area contributed by atoms with Gasteiger partial charge in [0.25, 0.3) is 0 Å². The lowest BCUT2D eigenvalue weighted by Gasteiger charge is -2.06. The molecule has 4 heteroatoms. The maximum atomic E-state index is 11.7. The molecule has 2 aromatic carbocycles. The van der Waals surface area contributed by atoms with Crippen LogP contribution in [0.2, 0.25) is 0 Å². The van der Waals surface area contributed by atoms with Gasteiger partial charge in [0.15, 0.2) is 0 Å². The highest BCUT2D eigenvalue weighted by molar-refractivity contribution is 5.92. The predicted molar refractivity (Wildman–Crippen MR) is 68.5 cm³/mol. The van der Waals surface area contributed by atoms with Gasteiger partial charge < -0.3 is 15.5 Å². The Balaban J connectivity index is 2.03. The van der Waals surface area contributed by atoms with Crippen molar-refractivity contribution in [3.63, 3.8) is 0 Å². The van der Waals surface area contributed by atoms with E-state index in [9.17, 15) is 15.0 Å². The van der Waals surface area contributed by atoms with Gasteiger partial charge in [0.1, 0.15) is 11.5 Å². The normalized spacial score (nSPS) is 10.0. The summed E-state index contributed by atoms with van der Waals surface area (Å²) in [6.45, 7) is 0. The number of hydrogen-bond donors (Lipinski definition) is 3. The smallest absolute Gasteiger partial charge is 0.228 e. The zero-order chi connectivity index (χ0) is 13.0. The standard InChI is InChI=1S/C14H13NO3/c16-12-6-3-5-11(9-12)15-14(18)8-10-4-1-2-7-13(10)17/h1-7,9,16-17H,8H2,(H,15,18). The summed E-state index contributed by atoms with van der Waals surface area (Å²) in [5, 5.41) is 21.5. The molecule has 0 saturated carbocycles. The summed E-state index contributed by atoms with van der Waals surface area (Å²) in [5.41, 5.74) is 1.09. The maximum Gasteiger partial charge on any atom is 0.228 e. The van der Waals surface area contributed by atoms with Crippen molar-refractivity contribution in [2.45, 2.75) is 6.42 Å². The molecule has 0 radical (unpaired) electrons. The Morgan fingerprint density at radius 1 is 1.06 bits per heavy atom. The van der Waals surface area contributed by atoms with Gasteiger partial charge in [0.05, 0.1) is 6.42 Å². The summed E-state index contributed by atoms with van der Waals surface area (Å²) < 4.78 is 0. The molecule has 0 aliphatic heterocycles. The average Bonchev–Trinajstić information content (AvgIpc) is 2.32. The summed E-state index contributed by atoms with van der Waals surface area (Å²) >= 11 is 0. The molecule has 0 fully saturated rings. The lowest BCUT2D eigenvalue weighted by Crippen LogP contribution is -2.14. The van der Waals surface area contributed by atoms with E-state index in [-0.39, 0.29) is 23.8 Å². The molecule has 0 saturated heterocycles. The number of hydrogen-bond acceptors (Lipinski definition) is 3. The van der Waals surface area contributed by atoms with Gasteiger partial charge in [-0.1, -0.05) is 24.3 Å². The van der Waals surface area contributed by atoms with E-state index in [2.05, 4.69) is 5.32 Å². The second-order valence-corrected chi connectivity index (χ2v) is 3.90. The molecule has 4 nitrogen and oxygen atoms in total. The van der Waals surface area contributed by atoms with Crippen molar-refractivity contribution < 1.29 is 15.0 Å². The minimum Gasteiger partial charge on any atom is -0.508 e. The van der Waals surface area contributed by atoms with Crippen LogP contribution in [0.25, 0.3) is 0 Å². The third-order valence-corrected chi connectivity index (χ3v) is 2.47. The molecule has 0 atom stereocenters. The molecule has 0 aliphatic carbocycles. The zero-order valence-electron chi connectivity index (χ0n) is 9.63. The Morgan fingerprint density at radius 2 is 1.83 bits per heavy atom. The van der Waals surface area contributed by atoms with Gasteiger partial charge in [-0.2, -0.15) is 0 Å². The number of para-hydroxylation sites is 1. The number of phenolic OH excluding ortho intramolecular Hbond substituents is 2. The van der Waals surface area contributed by atoms with Crippen molar-refractivity contribution in [3.8, 4) is 11.5 Å². The van der Waals surface area contributed by atoms with Gasteiger partial charge in [0, 0.05) is 17.3 Å². The number of aromatic hydroxyl groups is 2. The summed E-state index contributed by atoms with van der Waals surface area (Å²) in [4.78, 5) is 11.7. The largest absolute Gasteiger partial charge is 0.508 e. The van der Waals surface area contributed by atoms with E-state index >= 15 is 0 Å². The van der Waals surface area contributed by atoms with E-state index in [1.807, 2.05) is 0 Å². The molecule has 2 aromatic rings. The van der Waals surface area contributed by atoms with Crippen molar-refractivity contribution in [1.82, 2.24) is 0 Å². The molecular weight excluding hydrogens is 230 g/mol. The first-order chi connectivity index (χ1) is 8.65. The lowest BCUT2D eigenvalue weighted by atomic mass is 10.1. The second-order valence-electron chi connectivity index (χ2n) is 3.90.